The first-order valence-electron chi connectivity index (χ1n) is 8.31. The monoisotopic (exact) mass is 294 g/mol. The molecule has 0 bridgehead atoms. The van der Waals surface area contributed by atoms with E-state index in [1.165, 1.54) is 6.42 Å². The fraction of sp³-hybridized carbons (Fsp3) is 0.875. The topological polar surface area (TPSA) is 58.6 Å². The fourth-order valence-corrected chi connectivity index (χ4v) is 3.61. The van der Waals surface area contributed by atoms with E-state index in [2.05, 4.69) is 5.32 Å². The van der Waals surface area contributed by atoms with Crippen molar-refractivity contribution in [1.82, 2.24) is 10.2 Å². The number of hydrogen-bond donors (Lipinski definition) is 1. The van der Waals surface area contributed by atoms with E-state index < -0.39 is 11.8 Å². The summed E-state index contributed by atoms with van der Waals surface area (Å²) in [6, 6.07) is -0.364. The largest absolute Gasteiger partial charge is 0.353 e. The van der Waals surface area contributed by atoms with Gasteiger partial charge in [-0.05, 0) is 52.4 Å². The van der Waals surface area contributed by atoms with Gasteiger partial charge in [0.15, 0.2) is 0 Å². The van der Waals surface area contributed by atoms with Crippen LogP contribution >= 0.6 is 0 Å². The highest BCUT2D eigenvalue weighted by Gasteiger charge is 2.55. The summed E-state index contributed by atoms with van der Waals surface area (Å²) >= 11 is 0. The van der Waals surface area contributed by atoms with Gasteiger partial charge in [-0.25, -0.2) is 0 Å². The van der Waals surface area contributed by atoms with E-state index in [9.17, 15) is 9.59 Å². The molecule has 2 saturated carbocycles. The van der Waals surface area contributed by atoms with Crippen molar-refractivity contribution in [2.24, 2.45) is 5.92 Å². The van der Waals surface area contributed by atoms with Crippen LogP contribution in [0.4, 0.5) is 0 Å². The molecule has 5 heteroatoms. The normalized spacial score (nSPS) is 28.1. The van der Waals surface area contributed by atoms with Crippen molar-refractivity contribution >= 4 is 11.8 Å². The molecule has 2 aliphatic carbocycles. The molecule has 21 heavy (non-hydrogen) atoms. The first-order chi connectivity index (χ1) is 10.0. The van der Waals surface area contributed by atoms with Gasteiger partial charge in [-0.3, -0.25) is 14.5 Å². The van der Waals surface area contributed by atoms with Crippen molar-refractivity contribution < 1.29 is 14.3 Å². The van der Waals surface area contributed by atoms with Gasteiger partial charge in [0.1, 0.15) is 11.8 Å². The van der Waals surface area contributed by atoms with E-state index in [1.54, 1.807) is 0 Å². The molecule has 5 nitrogen and oxygen atoms in total. The van der Waals surface area contributed by atoms with Gasteiger partial charge in [0.25, 0.3) is 0 Å². The van der Waals surface area contributed by atoms with Crippen LogP contribution in [0.5, 0.6) is 0 Å². The Labute approximate surface area is 126 Å². The lowest BCUT2D eigenvalue weighted by molar-refractivity contribution is -0.161. The van der Waals surface area contributed by atoms with Crippen molar-refractivity contribution in [2.45, 2.75) is 76.6 Å². The predicted octanol–water partition coefficient (Wildman–Crippen LogP) is 1.81. The first-order valence-corrected chi connectivity index (χ1v) is 8.31. The van der Waals surface area contributed by atoms with E-state index >= 15 is 0 Å². The van der Waals surface area contributed by atoms with Crippen LogP contribution in [-0.4, -0.2) is 41.1 Å². The van der Waals surface area contributed by atoms with Gasteiger partial charge in [0.2, 0.25) is 11.8 Å². The van der Waals surface area contributed by atoms with Crippen LogP contribution in [-0.2, 0) is 14.3 Å². The van der Waals surface area contributed by atoms with Gasteiger partial charge in [-0.1, -0.05) is 6.42 Å². The third-order valence-corrected chi connectivity index (χ3v) is 4.79. The number of nitrogens with one attached hydrogen (secondary N) is 1. The zero-order valence-electron chi connectivity index (χ0n) is 13.1. The van der Waals surface area contributed by atoms with Crippen LogP contribution in [0.1, 0.15) is 58.8 Å². The Kier molecular flexibility index (Phi) is 3.95. The van der Waals surface area contributed by atoms with Crippen LogP contribution in [0.3, 0.4) is 0 Å². The maximum absolute atomic E-state index is 12.7. The first kappa shape index (κ1) is 14.8. The number of carbonyl (C=O) groups excluding carboxylic acids is 2. The maximum Gasteiger partial charge on any atom is 0.245 e. The van der Waals surface area contributed by atoms with E-state index in [0.29, 0.717) is 6.61 Å². The number of nitrogens with zero attached hydrogens (tertiary/aromatic N) is 1. The molecule has 1 spiro atoms. The van der Waals surface area contributed by atoms with Crippen molar-refractivity contribution in [2.75, 3.05) is 6.61 Å². The number of amides is 2. The summed E-state index contributed by atoms with van der Waals surface area (Å²) in [6.07, 6.45) is 7.01. The second-order valence-corrected chi connectivity index (χ2v) is 6.98. The zero-order valence-corrected chi connectivity index (χ0v) is 13.1. The lowest BCUT2D eigenvalue weighted by Crippen LogP contribution is -2.57. The molecule has 1 aliphatic heterocycles. The van der Waals surface area contributed by atoms with Gasteiger partial charge in [-0.2, -0.15) is 0 Å². The van der Waals surface area contributed by atoms with E-state index in [4.69, 9.17) is 4.74 Å². The molecule has 1 unspecified atom stereocenters. The number of ether oxygens (including phenoxy) is 1. The third kappa shape index (κ3) is 2.80. The number of carbonyl (C=O) groups is 2. The van der Waals surface area contributed by atoms with Crippen molar-refractivity contribution in [3.05, 3.63) is 0 Å². The lowest BCUT2D eigenvalue weighted by Gasteiger charge is -2.41. The Balaban J connectivity index is 1.82. The summed E-state index contributed by atoms with van der Waals surface area (Å²) in [6.45, 7) is 4.23. The molecule has 2 amide bonds. The van der Waals surface area contributed by atoms with Gasteiger partial charge in [0.05, 0.1) is 6.61 Å². The Morgan fingerprint density at radius 3 is 2.43 bits per heavy atom. The molecule has 0 aromatic carbocycles. The van der Waals surface area contributed by atoms with E-state index in [-0.39, 0.29) is 23.8 Å². The Morgan fingerprint density at radius 1 is 1.19 bits per heavy atom. The van der Waals surface area contributed by atoms with Crippen LogP contribution in [0.25, 0.3) is 0 Å². The molecule has 1 N–H and O–H groups in total. The van der Waals surface area contributed by atoms with Gasteiger partial charge >= 0.3 is 0 Å². The minimum absolute atomic E-state index is 0.0681. The highest BCUT2D eigenvalue weighted by Crippen LogP contribution is 2.44. The molecular weight excluding hydrogens is 268 g/mol. The van der Waals surface area contributed by atoms with Crippen LogP contribution in [0.15, 0.2) is 0 Å². The summed E-state index contributed by atoms with van der Waals surface area (Å²) < 4.78 is 6.05. The molecule has 3 aliphatic rings. The smallest absolute Gasteiger partial charge is 0.245 e. The summed E-state index contributed by atoms with van der Waals surface area (Å²) in [5, 5.41) is 2.94. The van der Waals surface area contributed by atoms with Gasteiger partial charge in [-0.15, -0.1) is 0 Å². The quantitative estimate of drug-likeness (QED) is 0.863. The van der Waals surface area contributed by atoms with Crippen molar-refractivity contribution in [3.8, 4) is 0 Å². The lowest BCUT2D eigenvalue weighted by atomic mass is 9.90. The second-order valence-electron chi connectivity index (χ2n) is 6.98. The molecule has 1 atom stereocenters. The third-order valence-electron chi connectivity index (χ3n) is 4.79. The van der Waals surface area contributed by atoms with Crippen molar-refractivity contribution in [3.63, 3.8) is 0 Å². The average molecular weight is 294 g/mol. The fourth-order valence-electron chi connectivity index (χ4n) is 3.61. The second kappa shape index (κ2) is 5.59. The van der Waals surface area contributed by atoms with E-state index in [1.807, 2.05) is 18.7 Å². The Hall–Kier alpha value is -1.10. The van der Waals surface area contributed by atoms with Crippen LogP contribution in [0, 0.1) is 5.92 Å². The number of rotatable bonds is 3. The molecule has 0 aromatic heterocycles. The minimum Gasteiger partial charge on any atom is -0.353 e. The molecule has 0 aromatic rings. The SMILES string of the molecule is CC(C)NC(=O)C1COC2(CCCCC2)N1C(=O)C1CC1. The summed E-state index contributed by atoms with van der Waals surface area (Å²) in [5.74, 6) is 0.194. The molecule has 1 heterocycles. The van der Waals surface area contributed by atoms with E-state index in [0.717, 1.165) is 38.5 Å². The molecule has 3 fully saturated rings. The molecule has 118 valence electrons. The molecule has 3 rings (SSSR count). The van der Waals surface area contributed by atoms with Gasteiger partial charge in [0, 0.05) is 12.0 Å². The van der Waals surface area contributed by atoms with Gasteiger partial charge < -0.3 is 10.1 Å². The molecule has 0 radical (unpaired) electrons. The molecule has 1 saturated heterocycles. The molecular formula is C16H26N2O3. The number of hydrogen-bond acceptors (Lipinski definition) is 3. The Morgan fingerprint density at radius 2 is 1.86 bits per heavy atom. The average Bonchev–Trinajstić information content (AvgIpc) is 3.22. The van der Waals surface area contributed by atoms with Crippen molar-refractivity contribution in [1.29, 1.82) is 0 Å². The highest BCUT2D eigenvalue weighted by atomic mass is 16.5. The standard InChI is InChI=1S/C16H26N2O3/c1-11(2)17-14(19)13-10-21-16(8-4-3-5-9-16)18(13)15(20)12-6-7-12/h11-13H,3-10H2,1-2H3,(H,17,19). The minimum atomic E-state index is -0.503. The predicted molar refractivity (Wildman–Crippen MR) is 78.4 cm³/mol. The van der Waals surface area contributed by atoms with Crippen LogP contribution in [0.2, 0.25) is 0 Å². The Bertz CT molecular complexity index is 425. The highest BCUT2D eigenvalue weighted by molar-refractivity contribution is 5.90. The summed E-state index contributed by atoms with van der Waals surface area (Å²) in [7, 11) is 0. The zero-order chi connectivity index (χ0) is 15.0. The summed E-state index contributed by atoms with van der Waals surface area (Å²) in [5.41, 5.74) is -0.503. The van der Waals surface area contributed by atoms with Crippen LogP contribution < -0.4 is 5.32 Å². The summed E-state index contributed by atoms with van der Waals surface area (Å²) in [4.78, 5) is 27.0. The maximum atomic E-state index is 12.7.